The Morgan fingerprint density at radius 3 is 2.78 bits per heavy atom. The minimum absolute atomic E-state index is 0.170. The van der Waals surface area contributed by atoms with Gasteiger partial charge < -0.3 is 14.8 Å². The minimum atomic E-state index is -0.731. The molecule has 0 saturated heterocycles. The second-order valence-corrected chi connectivity index (χ2v) is 6.36. The van der Waals surface area contributed by atoms with Gasteiger partial charge in [-0.2, -0.15) is 5.10 Å². The van der Waals surface area contributed by atoms with Gasteiger partial charge in [0.2, 0.25) is 0 Å². The Balaban J connectivity index is 1.94. The summed E-state index contributed by atoms with van der Waals surface area (Å²) >= 11 is 0. The van der Waals surface area contributed by atoms with Gasteiger partial charge in [0.05, 0.1) is 18.0 Å². The summed E-state index contributed by atoms with van der Waals surface area (Å²) in [4.78, 5) is 12.4. The number of carbonyl (C=O) groups excluding carboxylic acids is 1. The highest BCUT2D eigenvalue weighted by Crippen LogP contribution is 2.19. The third-order valence-corrected chi connectivity index (χ3v) is 3.71. The zero-order valence-corrected chi connectivity index (χ0v) is 14.1. The Morgan fingerprint density at radius 2 is 2.17 bits per heavy atom. The summed E-state index contributed by atoms with van der Waals surface area (Å²) in [6.07, 6.45) is 2.78. The predicted molar refractivity (Wildman–Crippen MR) is 87.0 cm³/mol. The molecule has 2 aromatic rings. The van der Waals surface area contributed by atoms with E-state index in [0.717, 1.165) is 12.2 Å². The van der Waals surface area contributed by atoms with Gasteiger partial charge >= 0.3 is 0 Å². The third kappa shape index (κ3) is 4.45. The van der Waals surface area contributed by atoms with E-state index < -0.39 is 6.10 Å². The van der Waals surface area contributed by atoms with E-state index in [1.54, 1.807) is 18.3 Å². The number of furan rings is 1. The van der Waals surface area contributed by atoms with Gasteiger partial charge in [0, 0.05) is 24.7 Å². The summed E-state index contributed by atoms with van der Waals surface area (Å²) in [7, 11) is 0. The largest absolute Gasteiger partial charge is 0.467 e. The SMILES string of the molecule is Cc1c(C(=O)NC(C)CC(O)c2ccco2)cnn1CC(C)C. The second-order valence-electron chi connectivity index (χ2n) is 6.36. The molecule has 6 nitrogen and oxygen atoms in total. The fraction of sp³-hybridized carbons (Fsp3) is 0.529. The first kappa shape index (κ1) is 17.3. The molecule has 2 aromatic heterocycles. The highest BCUT2D eigenvalue weighted by atomic mass is 16.4. The quantitative estimate of drug-likeness (QED) is 0.822. The lowest BCUT2D eigenvalue weighted by molar-refractivity contribution is 0.0902. The van der Waals surface area contributed by atoms with Gasteiger partial charge in [-0.15, -0.1) is 0 Å². The number of carbonyl (C=O) groups is 1. The van der Waals surface area contributed by atoms with Crippen molar-refractivity contribution in [2.75, 3.05) is 0 Å². The van der Waals surface area contributed by atoms with E-state index >= 15 is 0 Å². The molecule has 0 aliphatic rings. The van der Waals surface area contributed by atoms with Crippen molar-refractivity contribution in [3.63, 3.8) is 0 Å². The molecule has 23 heavy (non-hydrogen) atoms. The van der Waals surface area contributed by atoms with Crippen molar-refractivity contribution in [2.45, 2.75) is 52.8 Å². The van der Waals surface area contributed by atoms with E-state index in [4.69, 9.17) is 4.42 Å². The van der Waals surface area contributed by atoms with Gasteiger partial charge in [-0.3, -0.25) is 9.48 Å². The molecule has 0 saturated carbocycles. The van der Waals surface area contributed by atoms with Gasteiger partial charge in [-0.05, 0) is 31.9 Å². The normalized spacial score (nSPS) is 14.0. The van der Waals surface area contributed by atoms with Gasteiger partial charge in [-0.25, -0.2) is 0 Å². The monoisotopic (exact) mass is 319 g/mol. The van der Waals surface area contributed by atoms with Crippen molar-refractivity contribution >= 4 is 5.91 Å². The molecule has 0 fully saturated rings. The molecule has 0 aliphatic carbocycles. The highest BCUT2D eigenvalue weighted by Gasteiger charge is 2.19. The van der Waals surface area contributed by atoms with Crippen LogP contribution >= 0.6 is 0 Å². The Bertz CT molecular complexity index is 632. The number of hydrogen-bond donors (Lipinski definition) is 2. The van der Waals surface area contributed by atoms with Crippen molar-refractivity contribution in [1.82, 2.24) is 15.1 Å². The Hall–Kier alpha value is -2.08. The number of nitrogens with zero attached hydrogens (tertiary/aromatic N) is 2. The maximum Gasteiger partial charge on any atom is 0.254 e. The third-order valence-electron chi connectivity index (χ3n) is 3.71. The van der Waals surface area contributed by atoms with Gasteiger partial charge in [0.25, 0.3) is 5.91 Å². The first-order valence-electron chi connectivity index (χ1n) is 7.93. The molecule has 0 aromatic carbocycles. The number of amides is 1. The highest BCUT2D eigenvalue weighted by molar-refractivity contribution is 5.95. The maximum atomic E-state index is 12.4. The summed E-state index contributed by atoms with van der Waals surface area (Å²) in [5.74, 6) is 0.801. The van der Waals surface area contributed by atoms with Crippen LogP contribution in [0.15, 0.2) is 29.0 Å². The Kier molecular flexibility index (Phi) is 5.60. The standard InChI is InChI=1S/C17H25N3O3/c1-11(2)10-20-13(4)14(9-18-20)17(22)19-12(3)8-15(21)16-6-5-7-23-16/h5-7,9,11-12,15,21H,8,10H2,1-4H3,(H,19,22). The van der Waals surface area contributed by atoms with Crippen LogP contribution in [0, 0.1) is 12.8 Å². The van der Waals surface area contributed by atoms with Crippen molar-refractivity contribution in [3.05, 3.63) is 41.6 Å². The molecule has 0 aliphatic heterocycles. The molecule has 0 bridgehead atoms. The number of rotatable bonds is 7. The molecule has 2 heterocycles. The summed E-state index contributed by atoms with van der Waals surface area (Å²) in [6, 6.07) is 3.27. The van der Waals surface area contributed by atoms with E-state index in [1.807, 2.05) is 18.5 Å². The molecule has 0 radical (unpaired) electrons. The molecule has 2 atom stereocenters. The number of aliphatic hydroxyl groups is 1. The van der Waals surface area contributed by atoms with Crippen LogP contribution in [0.4, 0.5) is 0 Å². The van der Waals surface area contributed by atoms with Crippen LogP contribution in [-0.4, -0.2) is 26.8 Å². The average molecular weight is 319 g/mol. The van der Waals surface area contributed by atoms with Crippen LogP contribution < -0.4 is 5.32 Å². The van der Waals surface area contributed by atoms with E-state index in [2.05, 4.69) is 24.3 Å². The molecule has 6 heteroatoms. The van der Waals surface area contributed by atoms with E-state index in [-0.39, 0.29) is 11.9 Å². The molecular weight excluding hydrogens is 294 g/mol. The molecule has 2 N–H and O–H groups in total. The van der Waals surface area contributed by atoms with Crippen molar-refractivity contribution in [1.29, 1.82) is 0 Å². The summed E-state index contributed by atoms with van der Waals surface area (Å²) in [6.45, 7) is 8.76. The van der Waals surface area contributed by atoms with Crippen LogP contribution in [0.5, 0.6) is 0 Å². The molecule has 2 unspecified atom stereocenters. The van der Waals surface area contributed by atoms with Crippen LogP contribution in [0.1, 0.15) is 55.1 Å². The zero-order valence-electron chi connectivity index (χ0n) is 14.1. The smallest absolute Gasteiger partial charge is 0.254 e. The van der Waals surface area contributed by atoms with Crippen LogP contribution in [-0.2, 0) is 6.54 Å². The van der Waals surface area contributed by atoms with Gasteiger partial charge in [-0.1, -0.05) is 13.8 Å². The van der Waals surface area contributed by atoms with Gasteiger partial charge in [0.15, 0.2) is 0 Å². The molecular formula is C17H25N3O3. The van der Waals surface area contributed by atoms with Crippen molar-refractivity contribution < 1.29 is 14.3 Å². The maximum absolute atomic E-state index is 12.4. The summed E-state index contributed by atoms with van der Waals surface area (Å²) < 4.78 is 7.02. The average Bonchev–Trinajstić information content (AvgIpc) is 3.09. The van der Waals surface area contributed by atoms with Gasteiger partial charge in [0.1, 0.15) is 11.9 Å². The van der Waals surface area contributed by atoms with E-state index in [9.17, 15) is 9.90 Å². The first-order chi connectivity index (χ1) is 10.9. The number of aromatic nitrogens is 2. The number of nitrogens with one attached hydrogen (secondary N) is 1. The number of aliphatic hydroxyl groups excluding tert-OH is 1. The summed E-state index contributed by atoms with van der Waals surface area (Å²) in [5, 5.41) is 17.2. The predicted octanol–water partition coefficient (Wildman–Crippen LogP) is 2.68. The minimum Gasteiger partial charge on any atom is -0.467 e. The summed E-state index contributed by atoms with van der Waals surface area (Å²) in [5.41, 5.74) is 1.43. The topological polar surface area (TPSA) is 80.3 Å². The molecule has 2 rings (SSSR count). The van der Waals surface area contributed by atoms with Crippen LogP contribution in [0.2, 0.25) is 0 Å². The fourth-order valence-corrected chi connectivity index (χ4v) is 2.49. The van der Waals surface area contributed by atoms with Crippen LogP contribution in [0.25, 0.3) is 0 Å². The number of hydrogen-bond acceptors (Lipinski definition) is 4. The molecule has 1 amide bonds. The first-order valence-corrected chi connectivity index (χ1v) is 7.93. The molecule has 0 spiro atoms. The lowest BCUT2D eigenvalue weighted by atomic mass is 10.1. The van der Waals surface area contributed by atoms with E-state index in [0.29, 0.717) is 23.7 Å². The zero-order chi connectivity index (χ0) is 17.0. The van der Waals surface area contributed by atoms with Crippen molar-refractivity contribution in [2.24, 2.45) is 5.92 Å². The van der Waals surface area contributed by atoms with E-state index in [1.165, 1.54) is 6.26 Å². The second kappa shape index (κ2) is 7.46. The lowest BCUT2D eigenvalue weighted by Gasteiger charge is -2.16. The Morgan fingerprint density at radius 1 is 1.43 bits per heavy atom. The fourth-order valence-electron chi connectivity index (χ4n) is 2.49. The molecule has 126 valence electrons. The van der Waals surface area contributed by atoms with Crippen molar-refractivity contribution in [3.8, 4) is 0 Å². The van der Waals surface area contributed by atoms with Crippen LogP contribution in [0.3, 0.4) is 0 Å². The lowest BCUT2D eigenvalue weighted by Crippen LogP contribution is -2.34. The Labute approximate surface area is 136 Å².